The number of carbonyl (C=O) groups is 1. The van der Waals surface area contributed by atoms with Crippen molar-refractivity contribution < 1.29 is 27.1 Å². The third kappa shape index (κ3) is 4.62. The topological polar surface area (TPSA) is 38.3 Å². The molecule has 0 radical (unpaired) electrons. The second-order valence-corrected chi connectivity index (χ2v) is 7.46. The molecule has 3 aromatic carbocycles. The Balaban J connectivity index is 1.72. The Morgan fingerprint density at radius 2 is 1.45 bits per heavy atom. The number of carbonyl (C=O) groups excluding carboxylic acids is 1. The number of rotatable bonds is 5. The zero-order chi connectivity index (χ0) is 21.1. The van der Waals surface area contributed by atoms with E-state index in [1.165, 1.54) is 12.1 Å². The third-order valence-electron chi connectivity index (χ3n) is 3.90. The lowest BCUT2D eigenvalue weighted by Gasteiger charge is -2.11. The summed E-state index contributed by atoms with van der Waals surface area (Å²) in [6.07, 6.45) is 0. The summed E-state index contributed by atoms with van der Waals surface area (Å²) in [5.74, 6) is -6.98. The van der Waals surface area contributed by atoms with Crippen LogP contribution in [0.2, 0.25) is 0 Å². The first-order chi connectivity index (χ1) is 13.8. The molecular weight excluding hydrogens is 522 g/mol. The van der Waals surface area contributed by atoms with Crippen LogP contribution in [0.15, 0.2) is 57.5 Å². The SMILES string of the molecule is O=C(Nc1c(F)c(F)c(Br)c(F)c1F)c1ccc(COc2ccccc2Br)cc1. The van der Waals surface area contributed by atoms with E-state index in [4.69, 9.17) is 4.74 Å². The Morgan fingerprint density at radius 3 is 2.03 bits per heavy atom. The van der Waals surface area contributed by atoms with Crippen molar-refractivity contribution in [2.24, 2.45) is 0 Å². The van der Waals surface area contributed by atoms with Crippen molar-refractivity contribution in [3.63, 3.8) is 0 Å². The lowest BCUT2D eigenvalue weighted by atomic mass is 10.1. The number of hydrogen-bond acceptors (Lipinski definition) is 2. The Bertz CT molecular complexity index is 1050. The number of nitrogens with one attached hydrogen (secondary N) is 1. The van der Waals surface area contributed by atoms with E-state index in [9.17, 15) is 22.4 Å². The van der Waals surface area contributed by atoms with Gasteiger partial charge in [-0.3, -0.25) is 4.79 Å². The van der Waals surface area contributed by atoms with Crippen molar-refractivity contribution in [2.45, 2.75) is 6.61 Å². The molecular formula is C20H11Br2F4NO2. The summed E-state index contributed by atoms with van der Waals surface area (Å²) < 4.78 is 60.4. The van der Waals surface area contributed by atoms with E-state index in [0.717, 1.165) is 10.0 Å². The number of hydrogen-bond donors (Lipinski definition) is 1. The molecule has 150 valence electrons. The summed E-state index contributed by atoms with van der Waals surface area (Å²) in [6.45, 7) is 0.219. The van der Waals surface area contributed by atoms with E-state index >= 15 is 0 Å². The summed E-state index contributed by atoms with van der Waals surface area (Å²) >= 11 is 5.78. The number of ether oxygens (including phenoxy) is 1. The molecule has 29 heavy (non-hydrogen) atoms. The summed E-state index contributed by atoms with van der Waals surface area (Å²) in [4.78, 5) is 12.2. The van der Waals surface area contributed by atoms with E-state index in [1.807, 2.05) is 23.5 Å². The molecule has 3 rings (SSSR count). The Morgan fingerprint density at radius 1 is 0.862 bits per heavy atom. The fourth-order valence-electron chi connectivity index (χ4n) is 2.38. The van der Waals surface area contributed by atoms with Crippen molar-refractivity contribution in [1.29, 1.82) is 0 Å². The normalized spacial score (nSPS) is 10.7. The lowest BCUT2D eigenvalue weighted by Crippen LogP contribution is -2.16. The molecule has 0 saturated carbocycles. The average molecular weight is 533 g/mol. The number of amides is 1. The molecule has 3 aromatic rings. The maximum atomic E-state index is 13.9. The fraction of sp³-hybridized carbons (Fsp3) is 0.0500. The highest BCUT2D eigenvalue weighted by atomic mass is 79.9. The highest BCUT2D eigenvalue weighted by molar-refractivity contribution is 9.10. The largest absolute Gasteiger partial charge is 0.488 e. The number of halogens is 6. The quantitative estimate of drug-likeness (QED) is 0.228. The van der Waals surface area contributed by atoms with Crippen LogP contribution in [-0.2, 0) is 6.61 Å². The van der Waals surface area contributed by atoms with Gasteiger partial charge in [0.2, 0.25) is 0 Å². The summed E-state index contributed by atoms with van der Waals surface area (Å²) in [5, 5.41) is 1.86. The van der Waals surface area contributed by atoms with Gasteiger partial charge in [-0.2, -0.15) is 0 Å². The van der Waals surface area contributed by atoms with Gasteiger partial charge < -0.3 is 10.1 Å². The first kappa shape index (κ1) is 21.3. The third-order valence-corrected chi connectivity index (χ3v) is 5.25. The van der Waals surface area contributed by atoms with Crippen LogP contribution in [0.4, 0.5) is 23.2 Å². The van der Waals surface area contributed by atoms with Gasteiger partial charge in [0.15, 0.2) is 23.3 Å². The van der Waals surface area contributed by atoms with Gasteiger partial charge in [-0.25, -0.2) is 17.6 Å². The van der Waals surface area contributed by atoms with Crippen molar-refractivity contribution in [3.8, 4) is 5.75 Å². The van der Waals surface area contributed by atoms with Gasteiger partial charge in [0.25, 0.3) is 5.91 Å². The number of benzene rings is 3. The van der Waals surface area contributed by atoms with Gasteiger partial charge in [0.1, 0.15) is 18.0 Å². The Kier molecular flexibility index (Phi) is 6.59. The molecule has 9 heteroatoms. The molecule has 0 bridgehead atoms. The second kappa shape index (κ2) is 8.96. The molecule has 0 aliphatic rings. The van der Waals surface area contributed by atoms with Gasteiger partial charge in [0.05, 0.1) is 8.95 Å². The van der Waals surface area contributed by atoms with Crippen LogP contribution in [0, 0.1) is 23.3 Å². The molecule has 0 spiro atoms. The zero-order valence-electron chi connectivity index (χ0n) is 14.4. The van der Waals surface area contributed by atoms with Gasteiger partial charge >= 0.3 is 0 Å². The minimum Gasteiger partial charge on any atom is -0.488 e. The van der Waals surface area contributed by atoms with Crippen molar-refractivity contribution in [1.82, 2.24) is 0 Å². The monoisotopic (exact) mass is 531 g/mol. The Hall–Kier alpha value is -2.39. The molecule has 0 aliphatic carbocycles. The van der Waals surface area contributed by atoms with Crippen LogP contribution in [0.1, 0.15) is 15.9 Å². The smallest absolute Gasteiger partial charge is 0.255 e. The first-order valence-corrected chi connectivity index (χ1v) is 9.67. The van der Waals surface area contributed by atoms with E-state index in [2.05, 4.69) is 31.9 Å². The molecule has 0 unspecified atom stereocenters. The fourth-order valence-corrected chi connectivity index (χ4v) is 3.12. The lowest BCUT2D eigenvalue weighted by molar-refractivity contribution is 0.102. The van der Waals surface area contributed by atoms with Crippen molar-refractivity contribution >= 4 is 43.5 Å². The van der Waals surface area contributed by atoms with Crippen LogP contribution >= 0.6 is 31.9 Å². The minimum absolute atomic E-state index is 0.0391. The van der Waals surface area contributed by atoms with Crippen LogP contribution in [0.3, 0.4) is 0 Å². The summed E-state index contributed by atoms with van der Waals surface area (Å²) in [5.41, 5.74) is -0.429. The van der Waals surface area contributed by atoms with Crippen LogP contribution in [0.25, 0.3) is 0 Å². The van der Waals surface area contributed by atoms with E-state index in [1.54, 1.807) is 18.2 Å². The highest BCUT2D eigenvalue weighted by Gasteiger charge is 2.25. The zero-order valence-corrected chi connectivity index (χ0v) is 17.6. The predicted molar refractivity (Wildman–Crippen MR) is 107 cm³/mol. The molecule has 0 atom stereocenters. The van der Waals surface area contributed by atoms with Gasteiger partial charge in [0, 0.05) is 5.56 Å². The highest BCUT2D eigenvalue weighted by Crippen LogP contribution is 2.31. The molecule has 0 aromatic heterocycles. The summed E-state index contributed by atoms with van der Waals surface area (Å²) in [6, 6.07) is 13.2. The maximum absolute atomic E-state index is 13.9. The van der Waals surface area contributed by atoms with Gasteiger partial charge in [-0.1, -0.05) is 24.3 Å². The average Bonchev–Trinajstić information content (AvgIpc) is 2.73. The second-order valence-electron chi connectivity index (χ2n) is 5.82. The predicted octanol–water partition coefficient (Wildman–Crippen LogP) is 6.60. The molecule has 1 N–H and O–H groups in total. The van der Waals surface area contributed by atoms with Crippen molar-refractivity contribution in [3.05, 3.63) is 91.9 Å². The molecule has 3 nitrogen and oxygen atoms in total. The molecule has 0 saturated heterocycles. The van der Waals surface area contributed by atoms with Crippen LogP contribution in [-0.4, -0.2) is 5.91 Å². The van der Waals surface area contributed by atoms with E-state index < -0.39 is 39.3 Å². The van der Waals surface area contributed by atoms with E-state index in [-0.39, 0.29) is 12.2 Å². The molecule has 0 heterocycles. The van der Waals surface area contributed by atoms with Gasteiger partial charge in [-0.05, 0) is 61.7 Å². The molecule has 0 fully saturated rings. The van der Waals surface area contributed by atoms with Crippen LogP contribution < -0.4 is 10.1 Å². The van der Waals surface area contributed by atoms with E-state index in [0.29, 0.717) is 5.75 Å². The number of para-hydroxylation sites is 1. The van der Waals surface area contributed by atoms with Gasteiger partial charge in [-0.15, -0.1) is 0 Å². The maximum Gasteiger partial charge on any atom is 0.255 e. The van der Waals surface area contributed by atoms with Crippen molar-refractivity contribution in [2.75, 3.05) is 5.32 Å². The Labute approximate surface area is 179 Å². The summed E-state index contributed by atoms with van der Waals surface area (Å²) in [7, 11) is 0. The van der Waals surface area contributed by atoms with Crippen LogP contribution in [0.5, 0.6) is 5.75 Å². The first-order valence-electron chi connectivity index (χ1n) is 8.08. The molecule has 0 aliphatic heterocycles. The number of anilines is 1. The minimum atomic E-state index is -1.71. The standard InChI is InChI=1S/C20H11Br2F4NO2/c21-12-3-1-2-4-13(12)29-9-10-5-7-11(8-6-10)20(28)27-19-17(25)15(23)14(22)16(24)18(19)26/h1-8H,9H2,(H,27,28). The molecule has 1 amide bonds.